The van der Waals surface area contributed by atoms with Crippen LogP contribution in [-0.4, -0.2) is 13.2 Å². The molecule has 1 saturated heterocycles. The molecule has 2 heteroatoms. The molecular weight excluding hydrogens is 114 g/mol. The zero-order valence-electron chi connectivity index (χ0n) is 5.63. The number of hydrogen-bond acceptors (Lipinski definition) is 2. The molecule has 0 bridgehead atoms. The molecule has 0 aliphatic carbocycles. The van der Waals surface area contributed by atoms with E-state index in [1.165, 1.54) is 0 Å². The summed E-state index contributed by atoms with van der Waals surface area (Å²) in [6.07, 6.45) is 1.06. The van der Waals surface area contributed by atoms with Gasteiger partial charge in [0.05, 0.1) is 12.7 Å². The molecule has 0 N–H and O–H groups in total. The number of nitriles is 1. The van der Waals surface area contributed by atoms with Crippen LogP contribution in [0.25, 0.3) is 0 Å². The van der Waals surface area contributed by atoms with Crippen LogP contribution in [0.5, 0.6) is 0 Å². The number of ether oxygens (including phenoxy) is 1. The summed E-state index contributed by atoms with van der Waals surface area (Å²) in [6.45, 7) is 3.59. The van der Waals surface area contributed by atoms with Gasteiger partial charge in [0.25, 0.3) is 0 Å². The molecule has 0 radical (unpaired) electrons. The topological polar surface area (TPSA) is 33.0 Å². The molecule has 0 aromatic rings. The van der Waals surface area contributed by atoms with Crippen molar-refractivity contribution < 1.29 is 4.74 Å². The molecule has 0 aromatic heterocycles. The predicted octanol–water partition coefficient (Wildman–Crippen LogP) is 1.18. The van der Waals surface area contributed by atoms with Crippen LogP contribution in [0, 0.1) is 23.2 Å². The van der Waals surface area contributed by atoms with Crippen LogP contribution >= 0.6 is 0 Å². The maximum atomic E-state index is 8.49. The first-order chi connectivity index (χ1) is 4.34. The quantitative estimate of drug-likeness (QED) is 0.527. The molecule has 1 heterocycles. The van der Waals surface area contributed by atoms with Gasteiger partial charge in [-0.1, -0.05) is 0 Å². The Kier molecular flexibility index (Phi) is 2.07. The van der Waals surface area contributed by atoms with Crippen molar-refractivity contribution in [1.29, 1.82) is 5.26 Å². The Labute approximate surface area is 55.4 Å². The normalized spacial score (nSPS) is 29.6. The Bertz CT molecular complexity index is 121. The first kappa shape index (κ1) is 6.57. The molecule has 2 atom stereocenters. The Morgan fingerprint density at radius 3 is 3.00 bits per heavy atom. The van der Waals surface area contributed by atoms with Crippen molar-refractivity contribution in [2.45, 2.75) is 13.3 Å². The van der Waals surface area contributed by atoms with Gasteiger partial charge in [-0.25, -0.2) is 0 Å². The van der Waals surface area contributed by atoms with Crippen LogP contribution in [0.4, 0.5) is 0 Å². The van der Waals surface area contributed by atoms with Crippen LogP contribution in [-0.2, 0) is 4.74 Å². The van der Waals surface area contributed by atoms with Gasteiger partial charge in [-0.3, -0.25) is 0 Å². The maximum Gasteiger partial charge on any atom is 0.0656 e. The molecule has 0 spiro atoms. The average molecular weight is 125 g/mol. The fourth-order valence-corrected chi connectivity index (χ4v) is 1.05. The van der Waals surface area contributed by atoms with Crippen molar-refractivity contribution in [2.75, 3.05) is 13.2 Å². The lowest BCUT2D eigenvalue weighted by Gasteiger charge is -2.06. The maximum absolute atomic E-state index is 8.49. The second-order valence-electron chi connectivity index (χ2n) is 2.54. The predicted molar refractivity (Wildman–Crippen MR) is 33.7 cm³/mol. The highest BCUT2D eigenvalue weighted by Crippen LogP contribution is 2.20. The highest BCUT2D eigenvalue weighted by atomic mass is 16.5. The van der Waals surface area contributed by atoms with E-state index in [2.05, 4.69) is 6.07 Å². The van der Waals surface area contributed by atoms with Crippen LogP contribution < -0.4 is 0 Å². The third-order valence-electron chi connectivity index (χ3n) is 1.88. The third-order valence-corrected chi connectivity index (χ3v) is 1.88. The van der Waals surface area contributed by atoms with Crippen LogP contribution in [0.1, 0.15) is 13.3 Å². The van der Waals surface area contributed by atoms with E-state index in [0.717, 1.165) is 19.6 Å². The largest absolute Gasteiger partial charge is 0.381 e. The van der Waals surface area contributed by atoms with Gasteiger partial charge in [-0.05, 0) is 19.3 Å². The Morgan fingerprint density at radius 1 is 1.78 bits per heavy atom. The number of nitrogens with zero attached hydrogens (tertiary/aromatic N) is 1. The van der Waals surface area contributed by atoms with E-state index < -0.39 is 0 Å². The molecule has 0 saturated carbocycles. The first-order valence-corrected chi connectivity index (χ1v) is 3.32. The summed E-state index contributed by atoms with van der Waals surface area (Å²) in [7, 11) is 0. The Morgan fingerprint density at radius 2 is 2.56 bits per heavy atom. The lowest BCUT2D eigenvalue weighted by atomic mass is 9.95. The molecule has 2 nitrogen and oxygen atoms in total. The van der Waals surface area contributed by atoms with Crippen LogP contribution in [0.15, 0.2) is 0 Å². The van der Waals surface area contributed by atoms with E-state index in [4.69, 9.17) is 10.00 Å². The van der Waals surface area contributed by atoms with E-state index in [1.54, 1.807) is 0 Å². The molecule has 1 rings (SSSR count). The summed E-state index contributed by atoms with van der Waals surface area (Å²) < 4.78 is 5.13. The molecule has 1 fully saturated rings. The molecule has 50 valence electrons. The summed E-state index contributed by atoms with van der Waals surface area (Å²) in [5.74, 6) is 0.669. The molecule has 9 heavy (non-hydrogen) atoms. The molecule has 1 unspecified atom stereocenters. The van der Waals surface area contributed by atoms with E-state index in [-0.39, 0.29) is 5.92 Å². The Hall–Kier alpha value is -0.550. The number of hydrogen-bond donors (Lipinski definition) is 0. The lowest BCUT2D eigenvalue weighted by Crippen LogP contribution is -2.08. The summed E-state index contributed by atoms with van der Waals surface area (Å²) in [4.78, 5) is 0. The fraction of sp³-hybridized carbons (Fsp3) is 0.857. The summed E-state index contributed by atoms with van der Waals surface area (Å²) in [5, 5.41) is 8.49. The van der Waals surface area contributed by atoms with Crippen LogP contribution in [0.2, 0.25) is 0 Å². The van der Waals surface area contributed by atoms with Gasteiger partial charge < -0.3 is 4.74 Å². The smallest absolute Gasteiger partial charge is 0.0656 e. The van der Waals surface area contributed by atoms with Crippen molar-refractivity contribution in [1.82, 2.24) is 0 Å². The highest BCUT2D eigenvalue weighted by Gasteiger charge is 2.21. The summed E-state index contributed by atoms with van der Waals surface area (Å²) >= 11 is 0. The van der Waals surface area contributed by atoms with Gasteiger partial charge in [0.2, 0.25) is 0 Å². The lowest BCUT2D eigenvalue weighted by molar-refractivity contribution is 0.180. The second kappa shape index (κ2) is 2.84. The van der Waals surface area contributed by atoms with Crippen molar-refractivity contribution in [3.63, 3.8) is 0 Å². The monoisotopic (exact) mass is 125 g/mol. The molecule has 1 aliphatic heterocycles. The molecular formula is C7H11NO. The minimum absolute atomic E-state index is 0.174. The van der Waals surface area contributed by atoms with Gasteiger partial charge >= 0.3 is 0 Å². The van der Waals surface area contributed by atoms with E-state index >= 15 is 0 Å². The minimum Gasteiger partial charge on any atom is -0.381 e. The van der Waals surface area contributed by atoms with Gasteiger partial charge in [-0.15, -0.1) is 0 Å². The van der Waals surface area contributed by atoms with E-state index in [9.17, 15) is 0 Å². The van der Waals surface area contributed by atoms with E-state index in [0.29, 0.717) is 5.92 Å². The second-order valence-corrected chi connectivity index (χ2v) is 2.54. The van der Waals surface area contributed by atoms with Gasteiger partial charge in [0, 0.05) is 12.5 Å². The van der Waals surface area contributed by atoms with Crippen LogP contribution in [0.3, 0.4) is 0 Å². The van der Waals surface area contributed by atoms with Crippen molar-refractivity contribution in [3.05, 3.63) is 0 Å². The van der Waals surface area contributed by atoms with Gasteiger partial charge in [-0.2, -0.15) is 5.26 Å². The van der Waals surface area contributed by atoms with Crippen molar-refractivity contribution in [2.24, 2.45) is 11.8 Å². The zero-order valence-corrected chi connectivity index (χ0v) is 5.63. The third kappa shape index (κ3) is 1.43. The Balaban J connectivity index is 2.34. The van der Waals surface area contributed by atoms with E-state index in [1.807, 2.05) is 6.92 Å². The average Bonchev–Trinajstić information content (AvgIpc) is 2.37. The van der Waals surface area contributed by atoms with Gasteiger partial charge in [0.1, 0.15) is 0 Å². The summed E-state index contributed by atoms with van der Waals surface area (Å²) in [5.41, 5.74) is 0. The fourth-order valence-electron chi connectivity index (χ4n) is 1.05. The van der Waals surface area contributed by atoms with Crippen molar-refractivity contribution in [3.8, 4) is 6.07 Å². The molecule has 0 aromatic carbocycles. The standard InChI is InChI=1S/C7H11NO/c1-6(4-8)7-2-3-9-5-7/h6-7H,2-3,5H2,1H3/t6?,7-/m1/s1. The SMILES string of the molecule is CC(C#N)[C@@H]1CCOC1. The van der Waals surface area contributed by atoms with Gasteiger partial charge in [0.15, 0.2) is 0 Å². The highest BCUT2D eigenvalue weighted by molar-refractivity contribution is 4.86. The molecule has 1 aliphatic rings. The minimum atomic E-state index is 0.174. The summed E-state index contributed by atoms with van der Waals surface area (Å²) in [6, 6.07) is 2.23. The molecule has 0 amide bonds. The first-order valence-electron chi connectivity index (χ1n) is 3.32. The number of rotatable bonds is 1. The van der Waals surface area contributed by atoms with Crippen molar-refractivity contribution >= 4 is 0 Å². The zero-order chi connectivity index (χ0) is 6.69.